The van der Waals surface area contributed by atoms with Crippen LogP contribution in [0.1, 0.15) is 26.2 Å². The number of fused-ring (bicyclic) bond motifs is 1. The molecule has 3 atom stereocenters. The average Bonchev–Trinajstić information content (AvgIpc) is 3.24. The standard InChI is InChI=1S/C20H22N2O2/c1-2-13-10-17(13)21-20(24)15-11-19(23)22(12-15)18-9-5-7-14-6-3-4-8-16(14)18/h3-9,13,15,17H,2,10-12H2,1H3,(H,21,24). The number of anilines is 1. The summed E-state index contributed by atoms with van der Waals surface area (Å²) >= 11 is 0. The molecule has 124 valence electrons. The maximum atomic E-state index is 12.5. The number of rotatable bonds is 4. The lowest BCUT2D eigenvalue weighted by Gasteiger charge is -2.19. The molecule has 4 heteroatoms. The highest BCUT2D eigenvalue weighted by Crippen LogP contribution is 2.35. The Kier molecular flexibility index (Phi) is 3.75. The predicted molar refractivity (Wildman–Crippen MR) is 94.7 cm³/mol. The van der Waals surface area contributed by atoms with Crippen molar-refractivity contribution >= 4 is 28.3 Å². The minimum atomic E-state index is -0.241. The largest absolute Gasteiger partial charge is 0.353 e. The van der Waals surface area contributed by atoms with Crippen molar-refractivity contribution in [2.45, 2.75) is 32.2 Å². The fraction of sp³-hybridized carbons (Fsp3) is 0.400. The van der Waals surface area contributed by atoms with E-state index in [0.29, 0.717) is 24.9 Å². The smallest absolute Gasteiger partial charge is 0.227 e. The molecule has 1 N–H and O–H groups in total. The molecule has 1 aliphatic heterocycles. The molecule has 4 rings (SSSR count). The highest BCUT2D eigenvalue weighted by molar-refractivity contribution is 6.07. The van der Waals surface area contributed by atoms with Crippen LogP contribution in [0.4, 0.5) is 5.69 Å². The van der Waals surface area contributed by atoms with Gasteiger partial charge in [-0.1, -0.05) is 49.7 Å². The van der Waals surface area contributed by atoms with E-state index in [2.05, 4.69) is 12.2 Å². The molecule has 1 heterocycles. The Morgan fingerprint density at radius 2 is 2.00 bits per heavy atom. The molecule has 24 heavy (non-hydrogen) atoms. The average molecular weight is 322 g/mol. The van der Waals surface area contributed by atoms with Crippen molar-refractivity contribution in [3.8, 4) is 0 Å². The van der Waals surface area contributed by atoms with E-state index in [1.807, 2.05) is 42.5 Å². The molecule has 2 amide bonds. The number of carbonyl (C=O) groups is 2. The molecule has 0 bridgehead atoms. The fourth-order valence-electron chi connectivity index (χ4n) is 3.74. The maximum absolute atomic E-state index is 12.5. The van der Waals surface area contributed by atoms with Gasteiger partial charge < -0.3 is 10.2 Å². The van der Waals surface area contributed by atoms with Gasteiger partial charge in [-0.25, -0.2) is 0 Å². The second-order valence-electron chi connectivity index (χ2n) is 6.92. The van der Waals surface area contributed by atoms with Gasteiger partial charge in [-0.3, -0.25) is 9.59 Å². The first-order chi connectivity index (χ1) is 11.7. The molecule has 2 aromatic rings. The minimum absolute atomic E-state index is 0.0343. The van der Waals surface area contributed by atoms with Crippen LogP contribution >= 0.6 is 0 Å². The van der Waals surface area contributed by atoms with Crippen LogP contribution in [0.15, 0.2) is 42.5 Å². The molecular formula is C20H22N2O2. The first-order valence-corrected chi connectivity index (χ1v) is 8.76. The summed E-state index contributed by atoms with van der Waals surface area (Å²) in [7, 11) is 0. The Balaban J connectivity index is 1.52. The quantitative estimate of drug-likeness (QED) is 0.940. The van der Waals surface area contributed by atoms with Crippen molar-refractivity contribution in [1.29, 1.82) is 0 Å². The van der Waals surface area contributed by atoms with Gasteiger partial charge >= 0.3 is 0 Å². The van der Waals surface area contributed by atoms with Crippen molar-refractivity contribution in [3.05, 3.63) is 42.5 Å². The van der Waals surface area contributed by atoms with E-state index in [9.17, 15) is 9.59 Å². The van der Waals surface area contributed by atoms with E-state index in [4.69, 9.17) is 0 Å². The number of nitrogens with zero attached hydrogens (tertiary/aromatic N) is 1. The molecule has 1 saturated heterocycles. The molecule has 2 aliphatic rings. The second-order valence-corrected chi connectivity index (χ2v) is 6.92. The molecule has 3 unspecified atom stereocenters. The number of benzene rings is 2. The molecule has 0 aromatic heterocycles. The Bertz CT molecular complexity index is 796. The van der Waals surface area contributed by atoms with E-state index < -0.39 is 0 Å². The van der Waals surface area contributed by atoms with E-state index in [1.165, 1.54) is 0 Å². The summed E-state index contributed by atoms with van der Waals surface area (Å²) < 4.78 is 0. The van der Waals surface area contributed by atoms with Crippen LogP contribution in [0.5, 0.6) is 0 Å². The monoisotopic (exact) mass is 322 g/mol. The van der Waals surface area contributed by atoms with Gasteiger partial charge in [0.05, 0.1) is 11.6 Å². The summed E-state index contributed by atoms with van der Waals surface area (Å²) in [6, 6.07) is 14.3. The first kappa shape index (κ1) is 15.2. The Morgan fingerprint density at radius 1 is 1.21 bits per heavy atom. The lowest BCUT2D eigenvalue weighted by Crippen LogP contribution is -2.35. The third-order valence-corrected chi connectivity index (χ3v) is 5.33. The summed E-state index contributed by atoms with van der Waals surface area (Å²) in [5.74, 6) is 0.455. The molecule has 0 spiro atoms. The zero-order chi connectivity index (χ0) is 16.7. The van der Waals surface area contributed by atoms with Crippen LogP contribution in [-0.4, -0.2) is 24.4 Å². The zero-order valence-corrected chi connectivity index (χ0v) is 13.9. The van der Waals surface area contributed by atoms with Gasteiger partial charge in [-0.05, 0) is 23.8 Å². The van der Waals surface area contributed by atoms with Crippen molar-refractivity contribution in [2.24, 2.45) is 11.8 Å². The molecule has 2 aromatic carbocycles. The predicted octanol–water partition coefficient (Wildman–Crippen LogP) is 3.11. The second kappa shape index (κ2) is 5.93. The van der Waals surface area contributed by atoms with Crippen molar-refractivity contribution in [1.82, 2.24) is 5.32 Å². The molecule has 1 saturated carbocycles. The lowest BCUT2D eigenvalue weighted by molar-refractivity contribution is -0.126. The Morgan fingerprint density at radius 3 is 2.79 bits per heavy atom. The number of amides is 2. The summed E-state index contributed by atoms with van der Waals surface area (Å²) in [5, 5.41) is 5.28. The molecule has 2 fully saturated rings. The minimum Gasteiger partial charge on any atom is -0.353 e. The molecule has 4 nitrogen and oxygen atoms in total. The Labute approximate surface area is 141 Å². The zero-order valence-electron chi connectivity index (χ0n) is 13.9. The van der Waals surface area contributed by atoms with Crippen LogP contribution < -0.4 is 10.2 Å². The summed E-state index contributed by atoms with van der Waals surface area (Å²) in [5.41, 5.74) is 0.909. The lowest BCUT2D eigenvalue weighted by atomic mass is 10.1. The summed E-state index contributed by atoms with van der Waals surface area (Å²) in [6.45, 7) is 2.63. The van der Waals surface area contributed by atoms with E-state index >= 15 is 0 Å². The van der Waals surface area contributed by atoms with E-state index in [1.54, 1.807) is 4.90 Å². The van der Waals surface area contributed by atoms with Crippen molar-refractivity contribution in [2.75, 3.05) is 11.4 Å². The summed E-state index contributed by atoms with van der Waals surface area (Å²) in [6.07, 6.45) is 2.49. The first-order valence-electron chi connectivity index (χ1n) is 8.76. The van der Waals surface area contributed by atoms with Gasteiger partial charge in [0.2, 0.25) is 11.8 Å². The van der Waals surface area contributed by atoms with E-state index in [-0.39, 0.29) is 17.7 Å². The normalized spacial score (nSPS) is 26.0. The van der Waals surface area contributed by atoms with Gasteiger partial charge in [-0.15, -0.1) is 0 Å². The van der Waals surface area contributed by atoms with Crippen molar-refractivity contribution in [3.63, 3.8) is 0 Å². The maximum Gasteiger partial charge on any atom is 0.227 e. The van der Waals surface area contributed by atoms with Gasteiger partial charge in [0.1, 0.15) is 0 Å². The van der Waals surface area contributed by atoms with Gasteiger partial charge in [0.25, 0.3) is 0 Å². The topological polar surface area (TPSA) is 49.4 Å². The number of hydrogen-bond donors (Lipinski definition) is 1. The molecular weight excluding hydrogens is 300 g/mol. The third-order valence-electron chi connectivity index (χ3n) is 5.33. The molecule has 0 radical (unpaired) electrons. The number of hydrogen-bond acceptors (Lipinski definition) is 2. The Hall–Kier alpha value is -2.36. The highest BCUT2D eigenvalue weighted by Gasteiger charge is 2.41. The van der Waals surface area contributed by atoms with Gasteiger partial charge in [0, 0.05) is 24.4 Å². The van der Waals surface area contributed by atoms with E-state index in [0.717, 1.165) is 29.3 Å². The van der Waals surface area contributed by atoms with Crippen molar-refractivity contribution < 1.29 is 9.59 Å². The van der Waals surface area contributed by atoms with Crippen LogP contribution in [0, 0.1) is 11.8 Å². The summed E-state index contributed by atoms with van der Waals surface area (Å²) in [4.78, 5) is 26.7. The fourth-order valence-corrected chi connectivity index (χ4v) is 3.74. The molecule has 1 aliphatic carbocycles. The third kappa shape index (κ3) is 2.66. The SMILES string of the molecule is CCC1CC1NC(=O)C1CC(=O)N(c2cccc3ccccc23)C1. The van der Waals surface area contributed by atoms with Gasteiger partial charge in [-0.2, -0.15) is 0 Å². The van der Waals surface area contributed by atoms with Crippen LogP contribution in [-0.2, 0) is 9.59 Å². The van der Waals surface area contributed by atoms with Crippen LogP contribution in [0.3, 0.4) is 0 Å². The van der Waals surface area contributed by atoms with Crippen LogP contribution in [0.2, 0.25) is 0 Å². The number of carbonyl (C=O) groups excluding carboxylic acids is 2. The number of nitrogens with one attached hydrogen (secondary N) is 1. The van der Waals surface area contributed by atoms with Gasteiger partial charge in [0.15, 0.2) is 0 Å². The highest BCUT2D eigenvalue weighted by atomic mass is 16.2. The van der Waals surface area contributed by atoms with Crippen LogP contribution in [0.25, 0.3) is 10.8 Å².